The van der Waals surface area contributed by atoms with Crippen molar-refractivity contribution in [3.05, 3.63) is 90.0 Å². The van der Waals surface area contributed by atoms with Gasteiger partial charge in [-0.05, 0) is 48.5 Å². The Labute approximate surface area is 442 Å². The highest BCUT2D eigenvalue weighted by Gasteiger charge is 2.49. The molecular formula is C50H51O29+. The van der Waals surface area contributed by atoms with E-state index < -0.39 is 177 Å². The summed E-state index contributed by atoms with van der Waals surface area (Å²) in [6, 6.07) is 15.0. The molecule has 3 aliphatic heterocycles. The number of carboxylic acid groups (broad SMARTS) is 1. The number of aliphatic hydroxyl groups is 9. The maximum atomic E-state index is 13.2. The average molecular weight is 1120 g/mol. The lowest BCUT2D eigenvalue weighted by Crippen LogP contribution is -2.60. The van der Waals surface area contributed by atoms with Crippen molar-refractivity contribution in [1.29, 1.82) is 0 Å². The van der Waals surface area contributed by atoms with Crippen LogP contribution in [0.4, 0.5) is 0 Å². The number of phenolic OH excluding ortho intramolecular Hbond substituents is 5. The van der Waals surface area contributed by atoms with Crippen molar-refractivity contribution in [2.45, 2.75) is 98.5 Å². The molecule has 0 bridgehead atoms. The number of carbonyl (C=O) groups excluding carboxylic acids is 3. The minimum Gasteiger partial charge on any atom is -0.508 e. The van der Waals surface area contributed by atoms with E-state index in [0.717, 1.165) is 30.3 Å². The van der Waals surface area contributed by atoms with E-state index in [2.05, 4.69) is 0 Å². The number of carboxylic acids is 1. The first-order valence-corrected chi connectivity index (χ1v) is 23.6. The smallest absolute Gasteiger partial charge is 0.402 e. The number of ether oxygens (including phenoxy) is 9. The normalized spacial score (nSPS) is 28.7. The van der Waals surface area contributed by atoms with Gasteiger partial charge < -0.3 is 119 Å². The van der Waals surface area contributed by atoms with Crippen LogP contribution in [0.15, 0.2) is 83.3 Å². The van der Waals surface area contributed by atoms with Crippen LogP contribution in [-0.2, 0) is 38.0 Å². The third kappa shape index (κ3) is 12.8. The Morgan fingerprint density at radius 2 is 0.924 bits per heavy atom. The average Bonchev–Trinajstić information content (AvgIpc) is 3.46. The molecule has 29 heteroatoms. The fraction of sp³-hybridized carbons (Fsp3) is 0.380. The summed E-state index contributed by atoms with van der Waals surface area (Å²) in [6.45, 7) is -2.16. The number of aliphatic hydroxyl groups excluding tert-OH is 9. The first-order chi connectivity index (χ1) is 37.5. The summed E-state index contributed by atoms with van der Waals surface area (Å²) in [7, 11) is 0. The minimum absolute atomic E-state index is 0.0198. The highest BCUT2D eigenvalue weighted by atomic mass is 16.7. The molecule has 15 N–H and O–H groups in total. The second-order valence-electron chi connectivity index (χ2n) is 18.1. The summed E-state index contributed by atoms with van der Waals surface area (Å²) in [6.07, 6.45) is -28.2. The summed E-state index contributed by atoms with van der Waals surface area (Å²) in [5, 5.41) is 156. The lowest BCUT2D eigenvalue weighted by atomic mass is 9.99. The minimum atomic E-state index is -2.05. The van der Waals surface area contributed by atoms with E-state index in [4.69, 9.17) is 52.2 Å². The van der Waals surface area contributed by atoms with Gasteiger partial charge in [-0.1, -0.05) is 0 Å². The number of benzene rings is 4. The second kappa shape index (κ2) is 24.0. The van der Waals surface area contributed by atoms with Gasteiger partial charge in [0.25, 0.3) is 0 Å². The zero-order valence-electron chi connectivity index (χ0n) is 40.4. The van der Waals surface area contributed by atoms with Gasteiger partial charge in [-0.25, -0.2) is 14.0 Å². The molecule has 5 aromatic rings. The van der Waals surface area contributed by atoms with E-state index in [1.165, 1.54) is 48.5 Å². The van der Waals surface area contributed by atoms with Gasteiger partial charge in [0.05, 0.1) is 22.8 Å². The highest BCUT2D eigenvalue weighted by molar-refractivity contribution is 5.91. The van der Waals surface area contributed by atoms with Gasteiger partial charge >= 0.3 is 35.2 Å². The van der Waals surface area contributed by atoms with Crippen LogP contribution >= 0.6 is 0 Å². The monoisotopic (exact) mass is 1120 g/mol. The van der Waals surface area contributed by atoms with E-state index in [-0.39, 0.29) is 44.9 Å². The topological polar surface area (TPSA) is 466 Å². The number of phenols is 5. The molecule has 0 radical (unpaired) electrons. The van der Waals surface area contributed by atoms with Crippen molar-refractivity contribution in [2.75, 3.05) is 19.8 Å². The molecule has 15 atom stereocenters. The Balaban J connectivity index is 0.938. The summed E-state index contributed by atoms with van der Waals surface area (Å²) in [4.78, 5) is 48.4. The summed E-state index contributed by atoms with van der Waals surface area (Å²) < 4.78 is 55.5. The van der Waals surface area contributed by atoms with Crippen LogP contribution in [0.3, 0.4) is 0 Å². The maximum Gasteiger partial charge on any atom is 0.402 e. The zero-order valence-corrected chi connectivity index (χ0v) is 40.4. The number of aliphatic carboxylic acids is 1. The van der Waals surface area contributed by atoms with Gasteiger partial charge in [-0.2, -0.15) is 0 Å². The Hall–Kier alpha value is -7.91. The highest BCUT2D eigenvalue weighted by Crippen LogP contribution is 2.45. The molecule has 8 rings (SSSR count). The molecule has 0 amide bonds. The van der Waals surface area contributed by atoms with Gasteiger partial charge in [0.15, 0.2) is 17.2 Å². The molecule has 1 aromatic heterocycles. The van der Waals surface area contributed by atoms with Crippen molar-refractivity contribution in [2.24, 2.45) is 0 Å². The molecule has 3 aliphatic rings. The van der Waals surface area contributed by atoms with Crippen molar-refractivity contribution in [3.8, 4) is 57.3 Å². The predicted octanol–water partition coefficient (Wildman–Crippen LogP) is -1.80. The van der Waals surface area contributed by atoms with Crippen LogP contribution in [0.1, 0.15) is 27.1 Å². The number of fused-ring (bicyclic) bond motifs is 1. The van der Waals surface area contributed by atoms with Gasteiger partial charge in [0.2, 0.25) is 24.6 Å². The third-order valence-corrected chi connectivity index (χ3v) is 12.5. The first-order valence-electron chi connectivity index (χ1n) is 23.6. The largest absolute Gasteiger partial charge is 0.508 e. The number of esters is 3. The molecule has 3 saturated heterocycles. The molecule has 4 heterocycles. The van der Waals surface area contributed by atoms with Crippen molar-refractivity contribution in [1.82, 2.24) is 0 Å². The molecule has 0 spiro atoms. The van der Waals surface area contributed by atoms with Crippen LogP contribution in [-0.4, -0.2) is 212 Å². The molecule has 0 aliphatic carbocycles. The van der Waals surface area contributed by atoms with Crippen LogP contribution in [0.5, 0.6) is 46.0 Å². The number of rotatable bonds is 17. The Morgan fingerprint density at radius 3 is 1.41 bits per heavy atom. The van der Waals surface area contributed by atoms with Crippen LogP contribution in [0.25, 0.3) is 22.3 Å². The number of hydrogen-bond acceptors (Lipinski definition) is 27. The quantitative estimate of drug-likeness (QED) is 0.0161. The molecule has 29 nitrogen and oxygen atoms in total. The van der Waals surface area contributed by atoms with Crippen LogP contribution in [0.2, 0.25) is 0 Å². The van der Waals surface area contributed by atoms with E-state index in [1.54, 1.807) is 0 Å². The fourth-order valence-electron chi connectivity index (χ4n) is 8.21. The zero-order chi connectivity index (χ0) is 57.1. The standard InChI is InChI=1S/C50H50O29/c51-21-5-1-18(2-6-21)46(68)71-16-31-37(60)39(62)42(65)48(77-31)73-22-7-3-19(4-8-22)47(69)72-17-32-38(61)40(63)43(66)49(78-32)74-23-11-25(52)24-13-29(45(75-28(24)12-23)20-9-26(53)35(58)27(54)10-20)76-50-44(67)41(64)36(59)30(79-50)15-70-34(57)14-33(55)56/h1-13,30-32,36-44,48-50,59-67H,14-17H2,(H5-,51,52,53,54,55,56,58,68)/p+1/t30-,31-,32-,36-,37-,38-,39+,40+,41+,42-,43-,44-,48-,49-,50-/m1/s1. The second-order valence-corrected chi connectivity index (χ2v) is 18.1. The number of hydrogen-bond donors (Lipinski definition) is 15. The summed E-state index contributed by atoms with van der Waals surface area (Å²) in [5.41, 5.74) is -0.584. The summed E-state index contributed by atoms with van der Waals surface area (Å²) >= 11 is 0. The SMILES string of the molecule is O=C(O)CC(=O)OC[C@H]1O[C@@H](Oc2cc3c(O)cc(O[C@@H]4O[C@H](COC(=O)c5ccc(O[C@@H]6O[C@H](COC(=O)c7ccc(O)cc7)[C@@H](O)[C@H](O)[C@H]6O)cc5)[C@@H](O)[C@H](O)[C@H]4O)cc3[o+]c2-c2cc(O)c(O)c(O)c2)[C@H](O)[C@@H](O)[C@@H]1O. The van der Waals surface area contributed by atoms with Crippen molar-refractivity contribution >= 4 is 34.8 Å². The van der Waals surface area contributed by atoms with E-state index in [1.807, 2.05) is 0 Å². The lowest BCUT2D eigenvalue weighted by Gasteiger charge is -2.40. The van der Waals surface area contributed by atoms with Crippen molar-refractivity contribution in [3.63, 3.8) is 0 Å². The van der Waals surface area contributed by atoms with Gasteiger partial charge in [-0.15, -0.1) is 0 Å². The molecule has 4 aromatic carbocycles. The maximum absolute atomic E-state index is 13.2. The predicted molar refractivity (Wildman–Crippen MR) is 253 cm³/mol. The molecular weight excluding hydrogens is 1060 g/mol. The lowest BCUT2D eigenvalue weighted by molar-refractivity contribution is -0.278. The van der Waals surface area contributed by atoms with E-state index >= 15 is 0 Å². The van der Waals surface area contributed by atoms with Crippen LogP contribution in [0, 0.1) is 0 Å². The molecule has 79 heavy (non-hydrogen) atoms. The van der Waals surface area contributed by atoms with Crippen LogP contribution < -0.4 is 14.2 Å². The van der Waals surface area contributed by atoms with Gasteiger partial charge in [0.1, 0.15) is 128 Å². The van der Waals surface area contributed by atoms with E-state index in [0.29, 0.717) is 0 Å². The number of carbonyl (C=O) groups is 4. The Bertz CT molecular complexity index is 2980. The molecule has 3 fully saturated rings. The number of aromatic hydroxyl groups is 5. The fourth-order valence-corrected chi connectivity index (χ4v) is 8.21. The first kappa shape index (κ1) is 57.3. The molecule has 0 saturated carbocycles. The molecule has 0 unspecified atom stereocenters. The van der Waals surface area contributed by atoms with Gasteiger partial charge in [-0.3, -0.25) is 9.59 Å². The third-order valence-electron chi connectivity index (χ3n) is 12.5. The Morgan fingerprint density at radius 1 is 0.481 bits per heavy atom. The molecule has 424 valence electrons. The van der Waals surface area contributed by atoms with E-state index in [9.17, 15) is 90.7 Å². The Kier molecular flexibility index (Phi) is 17.4. The summed E-state index contributed by atoms with van der Waals surface area (Å²) in [5.74, 6) is -9.36. The van der Waals surface area contributed by atoms with Gasteiger partial charge in [0, 0.05) is 24.3 Å². The van der Waals surface area contributed by atoms with Crippen molar-refractivity contribution < 1.29 is 143 Å².